The molecule has 76 valence electrons. The Bertz CT molecular complexity index is 551. The van der Waals surface area contributed by atoms with E-state index in [2.05, 4.69) is 10.2 Å². The second-order valence-electron chi connectivity index (χ2n) is 2.96. The summed E-state index contributed by atoms with van der Waals surface area (Å²) in [6, 6.07) is 4.20. The molecule has 0 aliphatic heterocycles. The Kier molecular flexibility index (Phi) is 2.29. The van der Waals surface area contributed by atoms with Crippen molar-refractivity contribution in [2.24, 2.45) is 0 Å². The molecule has 1 aromatic carbocycles. The smallest absolute Gasteiger partial charge is 0.264 e. The molecule has 15 heavy (non-hydrogen) atoms. The third-order valence-electron chi connectivity index (χ3n) is 1.90. The predicted molar refractivity (Wildman–Crippen MR) is 50.2 cm³/mol. The van der Waals surface area contributed by atoms with Crippen LogP contribution < -0.4 is 5.56 Å². The van der Waals surface area contributed by atoms with Crippen LogP contribution in [0.15, 0.2) is 35.3 Å². The van der Waals surface area contributed by atoms with Gasteiger partial charge in [0.2, 0.25) is 0 Å². The summed E-state index contributed by atoms with van der Waals surface area (Å²) in [6.07, 6.45) is 1.26. The van der Waals surface area contributed by atoms with Gasteiger partial charge in [-0.25, -0.2) is 13.9 Å². The van der Waals surface area contributed by atoms with E-state index in [0.717, 1.165) is 24.3 Å². The summed E-state index contributed by atoms with van der Waals surface area (Å²) in [6.45, 7) is 0. The van der Waals surface area contributed by atoms with Crippen molar-refractivity contribution < 1.29 is 8.78 Å². The summed E-state index contributed by atoms with van der Waals surface area (Å²) in [7, 11) is 0. The lowest BCUT2D eigenvalue weighted by molar-refractivity contribution is 0.603. The maximum atomic E-state index is 13.3. The topological polar surface area (TPSA) is 45.8 Å². The zero-order chi connectivity index (χ0) is 10.8. The van der Waals surface area contributed by atoms with Gasteiger partial charge < -0.3 is 0 Å². The molecule has 0 amide bonds. The minimum absolute atomic E-state index is 0.0219. The average Bonchev–Trinajstić information content (AvgIpc) is 2.22. The molecule has 1 aromatic heterocycles. The second kappa shape index (κ2) is 3.61. The lowest BCUT2D eigenvalue weighted by Crippen LogP contribution is -2.06. The first kappa shape index (κ1) is 9.51. The molecule has 2 aromatic rings. The lowest BCUT2D eigenvalue weighted by Gasteiger charge is -2.01. The Morgan fingerprint density at radius 1 is 1.20 bits per heavy atom. The standard InChI is InChI=1S/C10H6F2N2O/c11-7-1-2-9(12)8(4-7)6-3-10(15)14-13-5-6/h1-5H,(H,14,15). The number of hydrogen-bond acceptors (Lipinski definition) is 2. The van der Waals surface area contributed by atoms with E-state index in [0.29, 0.717) is 0 Å². The second-order valence-corrected chi connectivity index (χ2v) is 2.96. The summed E-state index contributed by atoms with van der Waals surface area (Å²) < 4.78 is 26.1. The number of nitrogens with one attached hydrogen (secondary N) is 1. The largest absolute Gasteiger partial charge is 0.268 e. The number of benzene rings is 1. The Labute approximate surface area is 83.4 Å². The predicted octanol–water partition coefficient (Wildman–Crippen LogP) is 1.72. The average molecular weight is 208 g/mol. The number of rotatable bonds is 1. The molecule has 0 aliphatic rings. The molecule has 0 bridgehead atoms. The third-order valence-corrected chi connectivity index (χ3v) is 1.90. The molecule has 0 atom stereocenters. The van der Waals surface area contributed by atoms with E-state index in [4.69, 9.17) is 0 Å². The minimum atomic E-state index is -0.594. The highest BCUT2D eigenvalue weighted by Gasteiger charge is 2.07. The molecule has 1 heterocycles. The quantitative estimate of drug-likeness (QED) is 0.775. The summed E-state index contributed by atoms with van der Waals surface area (Å²) >= 11 is 0. The van der Waals surface area contributed by atoms with Crippen molar-refractivity contribution in [1.82, 2.24) is 10.2 Å². The highest BCUT2D eigenvalue weighted by atomic mass is 19.1. The highest BCUT2D eigenvalue weighted by Crippen LogP contribution is 2.21. The van der Waals surface area contributed by atoms with Gasteiger partial charge in [-0.05, 0) is 18.2 Å². The van der Waals surface area contributed by atoms with Gasteiger partial charge in [0.15, 0.2) is 0 Å². The van der Waals surface area contributed by atoms with E-state index >= 15 is 0 Å². The fourth-order valence-corrected chi connectivity index (χ4v) is 1.24. The molecule has 0 aliphatic carbocycles. The zero-order valence-corrected chi connectivity index (χ0v) is 7.50. The van der Waals surface area contributed by atoms with Gasteiger partial charge in [-0.3, -0.25) is 4.79 Å². The van der Waals surface area contributed by atoms with E-state index < -0.39 is 17.2 Å². The van der Waals surface area contributed by atoms with Crippen LogP contribution in [-0.2, 0) is 0 Å². The molecule has 1 N–H and O–H groups in total. The van der Waals surface area contributed by atoms with Gasteiger partial charge in [0.25, 0.3) is 5.56 Å². The van der Waals surface area contributed by atoms with Crippen molar-refractivity contribution in [2.45, 2.75) is 0 Å². The summed E-state index contributed by atoms with van der Waals surface area (Å²) in [5, 5.41) is 5.66. The Hall–Kier alpha value is -2.04. The van der Waals surface area contributed by atoms with Crippen molar-refractivity contribution in [2.75, 3.05) is 0 Å². The normalized spacial score (nSPS) is 10.3. The number of aromatic nitrogens is 2. The number of H-pyrrole nitrogens is 1. The molecule has 0 fully saturated rings. The van der Waals surface area contributed by atoms with Gasteiger partial charge in [-0.2, -0.15) is 5.10 Å². The lowest BCUT2D eigenvalue weighted by atomic mass is 10.1. The molecular weight excluding hydrogens is 202 g/mol. The van der Waals surface area contributed by atoms with Gasteiger partial charge in [0, 0.05) is 17.2 Å². The minimum Gasteiger partial charge on any atom is -0.268 e. The van der Waals surface area contributed by atoms with Gasteiger partial charge in [-0.1, -0.05) is 0 Å². The molecule has 2 rings (SSSR count). The van der Waals surface area contributed by atoms with Crippen molar-refractivity contribution in [3.63, 3.8) is 0 Å². The molecule has 0 radical (unpaired) electrons. The van der Waals surface area contributed by atoms with E-state index in [1.807, 2.05) is 0 Å². The highest BCUT2D eigenvalue weighted by molar-refractivity contribution is 5.62. The SMILES string of the molecule is O=c1cc(-c2cc(F)ccc2F)cn[nH]1. The first-order chi connectivity index (χ1) is 7.16. The van der Waals surface area contributed by atoms with E-state index in [9.17, 15) is 13.6 Å². The molecule has 0 saturated carbocycles. The van der Waals surface area contributed by atoms with Crippen LogP contribution in [0.5, 0.6) is 0 Å². The summed E-state index contributed by atoms with van der Waals surface area (Å²) in [4.78, 5) is 10.9. The Morgan fingerprint density at radius 3 is 2.73 bits per heavy atom. The van der Waals surface area contributed by atoms with Crippen LogP contribution in [-0.4, -0.2) is 10.2 Å². The Morgan fingerprint density at radius 2 is 2.00 bits per heavy atom. The number of hydrogen-bond donors (Lipinski definition) is 1. The first-order valence-electron chi connectivity index (χ1n) is 4.17. The molecule has 0 saturated heterocycles. The number of nitrogens with zero attached hydrogens (tertiary/aromatic N) is 1. The fourth-order valence-electron chi connectivity index (χ4n) is 1.24. The van der Waals surface area contributed by atoms with Crippen LogP contribution in [0.25, 0.3) is 11.1 Å². The van der Waals surface area contributed by atoms with Crippen LogP contribution in [0.1, 0.15) is 0 Å². The van der Waals surface area contributed by atoms with Crippen molar-refractivity contribution in [3.05, 3.63) is 52.5 Å². The first-order valence-corrected chi connectivity index (χ1v) is 4.17. The van der Waals surface area contributed by atoms with E-state index in [1.165, 1.54) is 6.20 Å². The monoisotopic (exact) mass is 208 g/mol. The third kappa shape index (κ3) is 1.90. The van der Waals surface area contributed by atoms with Crippen LogP contribution in [0, 0.1) is 11.6 Å². The van der Waals surface area contributed by atoms with E-state index in [1.54, 1.807) is 0 Å². The van der Waals surface area contributed by atoms with E-state index in [-0.39, 0.29) is 11.1 Å². The van der Waals surface area contributed by atoms with Crippen molar-refractivity contribution in [3.8, 4) is 11.1 Å². The van der Waals surface area contributed by atoms with Gasteiger partial charge in [0.05, 0.1) is 6.20 Å². The molecule has 0 unspecified atom stereocenters. The summed E-state index contributed by atoms with van der Waals surface area (Å²) in [5.74, 6) is -1.16. The van der Waals surface area contributed by atoms with Crippen molar-refractivity contribution in [1.29, 1.82) is 0 Å². The zero-order valence-electron chi connectivity index (χ0n) is 7.50. The fraction of sp³-hybridized carbons (Fsp3) is 0. The van der Waals surface area contributed by atoms with Gasteiger partial charge in [0.1, 0.15) is 11.6 Å². The number of halogens is 2. The maximum absolute atomic E-state index is 13.3. The van der Waals surface area contributed by atoms with Crippen molar-refractivity contribution >= 4 is 0 Å². The van der Waals surface area contributed by atoms with Gasteiger partial charge in [-0.15, -0.1) is 0 Å². The molecular formula is C10H6F2N2O. The molecule has 0 spiro atoms. The Balaban J connectivity index is 2.63. The van der Waals surface area contributed by atoms with Crippen LogP contribution in [0.4, 0.5) is 8.78 Å². The maximum Gasteiger partial charge on any atom is 0.264 e. The van der Waals surface area contributed by atoms with Crippen LogP contribution in [0.3, 0.4) is 0 Å². The molecule has 5 heteroatoms. The van der Waals surface area contributed by atoms with Crippen LogP contribution >= 0.6 is 0 Å². The van der Waals surface area contributed by atoms with Gasteiger partial charge >= 0.3 is 0 Å². The summed E-state index contributed by atoms with van der Waals surface area (Å²) in [5.41, 5.74) is -0.194. The number of aromatic amines is 1. The van der Waals surface area contributed by atoms with Crippen LogP contribution in [0.2, 0.25) is 0 Å². The molecule has 3 nitrogen and oxygen atoms in total.